The van der Waals surface area contributed by atoms with E-state index in [1.165, 1.54) is 6.33 Å². The number of hydrogen-bond acceptors (Lipinski definition) is 5. The number of anilines is 1. The minimum Gasteiger partial charge on any atom is -0.384 e. The first-order valence-electron chi connectivity index (χ1n) is 6.30. The van der Waals surface area contributed by atoms with E-state index in [4.69, 9.17) is 0 Å². The predicted molar refractivity (Wildman–Crippen MR) is 76.0 cm³/mol. The quantitative estimate of drug-likeness (QED) is 0.868. The van der Waals surface area contributed by atoms with Crippen LogP contribution in [0.4, 0.5) is 5.82 Å². The summed E-state index contributed by atoms with van der Waals surface area (Å²) in [6, 6.07) is 3.70. The van der Waals surface area contributed by atoms with Crippen LogP contribution in [0.5, 0.6) is 0 Å². The van der Waals surface area contributed by atoms with E-state index in [0.717, 1.165) is 11.2 Å². The molecule has 19 heavy (non-hydrogen) atoms. The van der Waals surface area contributed by atoms with Gasteiger partial charge in [0, 0.05) is 5.54 Å². The van der Waals surface area contributed by atoms with Gasteiger partial charge in [-0.1, -0.05) is 0 Å². The Morgan fingerprint density at radius 3 is 2.32 bits per heavy atom. The van der Waals surface area contributed by atoms with E-state index >= 15 is 0 Å². The molecular formula is C14H20N4O. The Hall–Kier alpha value is -1.75. The highest BCUT2D eigenvalue weighted by atomic mass is 16.3. The van der Waals surface area contributed by atoms with Crippen LogP contribution in [0.3, 0.4) is 0 Å². The molecule has 0 saturated carbocycles. The number of nitrogens with one attached hydrogen (secondary N) is 1. The molecule has 0 radical (unpaired) electrons. The molecule has 2 aromatic heterocycles. The minimum absolute atomic E-state index is 0.0871. The molecule has 0 amide bonds. The first-order valence-corrected chi connectivity index (χ1v) is 6.30. The van der Waals surface area contributed by atoms with Gasteiger partial charge in [-0.25, -0.2) is 15.0 Å². The zero-order valence-corrected chi connectivity index (χ0v) is 12.0. The van der Waals surface area contributed by atoms with Crippen molar-refractivity contribution in [3.8, 4) is 0 Å². The largest absolute Gasteiger partial charge is 0.384 e. The molecule has 2 rings (SSSR count). The molecule has 0 atom stereocenters. The summed E-state index contributed by atoms with van der Waals surface area (Å²) in [5.74, 6) is 0.757. The van der Waals surface area contributed by atoms with Crippen molar-refractivity contribution in [2.24, 2.45) is 0 Å². The van der Waals surface area contributed by atoms with Crippen molar-refractivity contribution in [1.29, 1.82) is 0 Å². The molecule has 0 aromatic carbocycles. The Kier molecular flexibility index (Phi) is 3.18. The van der Waals surface area contributed by atoms with Gasteiger partial charge in [0.1, 0.15) is 17.7 Å². The predicted octanol–water partition coefficient (Wildman–Crippen LogP) is 2.46. The highest BCUT2D eigenvalue weighted by Crippen LogP contribution is 2.24. The van der Waals surface area contributed by atoms with E-state index in [9.17, 15) is 5.11 Å². The molecule has 2 heterocycles. The van der Waals surface area contributed by atoms with E-state index in [1.54, 1.807) is 19.9 Å². The third-order valence-corrected chi connectivity index (χ3v) is 2.62. The van der Waals surface area contributed by atoms with Gasteiger partial charge < -0.3 is 10.4 Å². The summed E-state index contributed by atoms with van der Waals surface area (Å²) in [7, 11) is 0. The Labute approximate surface area is 113 Å². The first-order chi connectivity index (χ1) is 8.67. The van der Waals surface area contributed by atoms with Crippen LogP contribution < -0.4 is 5.32 Å². The molecule has 0 unspecified atom stereocenters. The number of pyridine rings is 1. The molecule has 0 bridgehead atoms. The Bertz CT molecular complexity index is 596. The Morgan fingerprint density at radius 2 is 1.74 bits per heavy atom. The molecule has 5 nitrogen and oxygen atoms in total. The van der Waals surface area contributed by atoms with Crippen LogP contribution in [0.2, 0.25) is 0 Å². The second-order valence-electron chi connectivity index (χ2n) is 6.22. The summed E-state index contributed by atoms with van der Waals surface area (Å²) in [6.07, 6.45) is 1.48. The summed E-state index contributed by atoms with van der Waals surface area (Å²) >= 11 is 0. The van der Waals surface area contributed by atoms with E-state index in [-0.39, 0.29) is 5.54 Å². The highest BCUT2D eigenvalue weighted by Gasteiger charge is 2.19. The van der Waals surface area contributed by atoms with E-state index < -0.39 is 5.60 Å². The summed E-state index contributed by atoms with van der Waals surface area (Å²) in [6.45, 7) is 9.62. The van der Waals surface area contributed by atoms with Gasteiger partial charge in [0.15, 0.2) is 5.65 Å². The molecule has 0 aliphatic rings. The van der Waals surface area contributed by atoms with Gasteiger partial charge in [-0.05, 0) is 46.8 Å². The lowest BCUT2D eigenvalue weighted by Gasteiger charge is -2.22. The van der Waals surface area contributed by atoms with Crippen molar-refractivity contribution in [1.82, 2.24) is 15.0 Å². The maximum absolute atomic E-state index is 9.98. The fourth-order valence-corrected chi connectivity index (χ4v) is 1.74. The van der Waals surface area contributed by atoms with E-state index in [2.05, 4.69) is 41.0 Å². The molecule has 0 fully saturated rings. The second-order valence-corrected chi connectivity index (χ2v) is 6.22. The second kappa shape index (κ2) is 4.42. The summed E-state index contributed by atoms with van der Waals surface area (Å²) in [4.78, 5) is 12.8. The molecule has 102 valence electrons. The summed E-state index contributed by atoms with van der Waals surface area (Å²) in [5, 5.41) is 14.2. The van der Waals surface area contributed by atoms with Crippen LogP contribution in [-0.2, 0) is 5.60 Å². The monoisotopic (exact) mass is 260 g/mol. The highest BCUT2D eigenvalue weighted by molar-refractivity contribution is 5.86. The van der Waals surface area contributed by atoms with Crippen LogP contribution in [0.15, 0.2) is 18.5 Å². The third-order valence-electron chi connectivity index (χ3n) is 2.62. The van der Waals surface area contributed by atoms with Crippen LogP contribution in [0.25, 0.3) is 11.0 Å². The average Bonchev–Trinajstić information content (AvgIpc) is 2.25. The number of nitrogens with zero attached hydrogens (tertiary/aromatic N) is 3. The maximum atomic E-state index is 9.98. The van der Waals surface area contributed by atoms with Crippen molar-refractivity contribution in [2.75, 3.05) is 5.32 Å². The minimum atomic E-state index is -0.975. The number of aromatic nitrogens is 3. The standard InChI is InChI=1S/C14H20N4O/c1-13(2,3)18-12-9-6-7-10(14(4,5)19)17-11(9)15-8-16-12/h6-8,19H,1-5H3,(H,15,16,17,18). The lowest BCUT2D eigenvalue weighted by atomic mass is 10.0. The van der Waals surface area contributed by atoms with E-state index in [0.29, 0.717) is 11.3 Å². The van der Waals surface area contributed by atoms with Gasteiger partial charge in [-0.15, -0.1) is 0 Å². The zero-order chi connectivity index (χ0) is 14.3. The first kappa shape index (κ1) is 13.7. The van der Waals surface area contributed by atoms with Crippen LogP contribution in [0, 0.1) is 0 Å². The van der Waals surface area contributed by atoms with Gasteiger partial charge in [0.05, 0.1) is 11.1 Å². The molecule has 0 aliphatic heterocycles. The number of fused-ring (bicyclic) bond motifs is 1. The fourth-order valence-electron chi connectivity index (χ4n) is 1.74. The number of hydrogen-bond donors (Lipinski definition) is 2. The van der Waals surface area contributed by atoms with Crippen LogP contribution in [-0.4, -0.2) is 25.6 Å². The SMILES string of the molecule is CC(C)(C)Nc1ncnc2nc(C(C)(C)O)ccc12. The van der Waals surface area contributed by atoms with Gasteiger partial charge in [0.2, 0.25) is 0 Å². The fraction of sp³-hybridized carbons (Fsp3) is 0.500. The molecule has 0 aliphatic carbocycles. The zero-order valence-electron chi connectivity index (χ0n) is 12.0. The molecule has 0 saturated heterocycles. The Morgan fingerprint density at radius 1 is 1.05 bits per heavy atom. The molecule has 2 aromatic rings. The van der Waals surface area contributed by atoms with Crippen molar-refractivity contribution in [3.63, 3.8) is 0 Å². The number of aliphatic hydroxyl groups is 1. The molecule has 0 spiro atoms. The summed E-state index contributed by atoms with van der Waals surface area (Å²) < 4.78 is 0. The van der Waals surface area contributed by atoms with Gasteiger partial charge >= 0.3 is 0 Å². The summed E-state index contributed by atoms with van der Waals surface area (Å²) in [5.41, 5.74) is 0.120. The van der Waals surface area contributed by atoms with Crippen molar-refractivity contribution < 1.29 is 5.11 Å². The van der Waals surface area contributed by atoms with Gasteiger partial charge in [0.25, 0.3) is 0 Å². The molecular weight excluding hydrogens is 240 g/mol. The number of rotatable bonds is 2. The molecule has 2 N–H and O–H groups in total. The van der Waals surface area contributed by atoms with Gasteiger partial charge in [-0.2, -0.15) is 0 Å². The lowest BCUT2D eigenvalue weighted by molar-refractivity contribution is 0.0741. The van der Waals surface area contributed by atoms with Crippen molar-refractivity contribution in [3.05, 3.63) is 24.2 Å². The van der Waals surface area contributed by atoms with Crippen molar-refractivity contribution >= 4 is 16.9 Å². The van der Waals surface area contributed by atoms with Gasteiger partial charge in [-0.3, -0.25) is 0 Å². The van der Waals surface area contributed by atoms with Crippen LogP contribution >= 0.6 is 0 Å². The Balaban J connectivity index is 2.53. The van der Waals surface area contributed by atoms with Crippen LogP contribution in [0.1, 0.15) is 40.3 Å². The third kappa shape index (κ3) is 3.17. The smallest absolute Gasteiger partial charge is 0.164 e. The molecule has 5 heteroatoms. The maximum Gasteiger partial charge on any atom is 0.164 e. The van der Waals surface area contributed by atoms with Crippen molar-refractivity contribution in [2.45, 2.75) is 45.8 Å². The lowest BCUT2D eigenvalue weighted by Crippen LogP contribution is -2.27. The average molecular weight is 260 g/mol. The topological polar surface area (TPSA) is 70.9 Å². The van der Waals surface area contributed by atoms with E-state index in [1.807, 2.05) is 6.07 Å². The normalized spacial score (nSPS) is 12.7.